The standard InChI is InChI=1S/C24H26N2O4/c1-17(18-8-4-3-5-9-18)14-20-15-22(30-25-20)24(27)26-12-7-13-29-23-19(16-26)10-6-11-21(23)28-2/h3-6,8-11,15,17H,7,12-14,16H2,1-2H3. The van der Waals surface area contributed by atoms with Crippen LogP contribution in [0.15, 0.2) is 59.1 Å². The van der Waals surface area contributed by atoms with Crippen LogP contribution in [0.1, 0.15) is 46.6 Å². The van der Waals surface area contributed by atoms with Crippen LogP contribution in [-0.2, 0) is 13.0 Å². The summed E-state index contributed by atoms with van der Waals surface area (Å²) in [5.74, 6) is 1.79. The molecule has 156 valence electrons. The Labute approximate surface area is 176 Å². The molecule has 3 aromatic rings. The van der Waals surface area contributed by atoms with E-state index >= 15 is 0 Å². The van der Waals surface area contributed by atoms with Crippen LogP contribution in [0.25, 0.3) is 0 Å². The van der Waals surface area contributed by atoms with E-state index in [0.717, 1.165) is 17.7 Å². The molecule has 0 bridgehead atoms. The smallest absolute Gasteiger partial charge is 0.292 e. The molecule has 1 aromatic heterocycles. The predicted molar refractivity (Wildman–Crippen MR) is 113 cm³/mol. The highest BCUT2D eigenvalue weighted by atomic mass is 16.5. The molecule has 0 aliphatic carbocycles. The van der Waals surface area contributed by atoms with Crippen molar-refractivity contribution in [2.75, 3.05) is 20.3 Å². The van der Waals surface area contributed by atoms with E-state index in [9.17, 15) is 4.79 Å². The molecule has 1 atom stereocenters. The fraction of sp³-hybridized carbons (Fsp3) is 0.333. The second kappa shape index (κ2) is 9.03. The Morgan fingerprint density at radius 3 is 2.83 bits per heavy atom. The van der Waals surface area contributed by atoms with Gasteiger partial charge in [-0.2, -0.15) is 0 Å². The van der Waals surface area contributed by atoms with Crippen LogP contribution in [0.3, 0.4) is 0 Å². The van der Waals surface area contributed by atoms with Crippen LogP contribution in [-0.4, -0.2) is 36.2 Å². The lowest BCUT2D eigenvalue weighted by molar-refractivity contribution is 0.0679. The van der Waals surface area contributed by atoms with Crippen molar-refractivity contribution in [1.82, 2.24) is 10.1 Å². The number of para-hydroxylation sites is 1. The summed E-state index contributed by atoms with van der Waals surface area (Å²) >= 11 is 0. The summed E-state index contributed by atoms with van der Waals surface area (Å²) in [4.78, 5) is 14.9. The Bertz CT molecular complexity index is 999. The third kappa shape index (κ3) is 4.32. The fourth-order valence-electron chi connectivity index (χ4n) is 3.78. The van der Waals surface area contributed by atoms with Gasteiger partial charge in [0.2, 0.25) is 5.76 Å². The Morgan fingerprint density at radius 1 is 1.20 bits per heavy atom. The number of nitrogens with zero attached hydrogens (tertiary/aromatic N) is 2. The van der Waals surface area contributed by atoms with Gasteiger partial charge in [-0.05, 0) is 30.4 Å². The Balaban J connectivity index is 1.49. The average Bonchev–Trinajstić information content (AvgIpc) is 3.22. The summed E-state index contributed by atoms with van der Waals surface area (Å²) in [5.41, 5.74) is 2.94. The van der Waals surface area contributed by atoms with Gasteiger partial charge < -0.3 is 18.9 Å². The van der Waals surface area contributed by atoms with E-state index in [1.54, 1.807) is 18.1 Å². The lowest BCUT2D eigenvalue weighted by Crippen LogP contribution is -2.33. The van der Waals surface area contributed by atoms with Gasteiger partial charge in [0, 0.05) is 24.7 Å². The Hall–Kier alpha value is -3.28. The minimum absolute atomic E-state index is 0.156. The molecule has 0 spiro atoms. The number of benzene rings is 2. The number of amides is 1. The molecule has 1 amide bonds. The lowest BCUT2D eigenvalue weighted by atomic mass is 9.96. The second-order valence-corrected chi connectivity index (χ2v) is 7.58. The minimum atomic E-state index is -0.156. The van der Waals surface area contributed by atoms with Gasteiger partial charge in [-0.1, -0.05) is 54.5 Å². The number of ether oxygens (including phenoxy) is 2. The van der Waals surface area contributed by atoms with Crippen LogP contribution < -0.4 is 9.47 Å². The monoisotopic (exact) mass is 406 g/mol. The molecule has 2 aromatic carbocycles. The molecule has 0 saturated carbocycles. The van der Waals surface area contributed by atoms with Crippen molar-refractivity contribution in [2.24, 2.45) is 0 Å². The van der Waals surface area contributed by atoms with Crippen molar-refractivity contribution in [3.05, 3.63) is 77.2 Å². The molecule has 6 heteroatoms. The lowest BCUT2D eigenvalue weighted by Gasteiger charge is -2.26. The normalized spacial score (nSPS) is 14.8. The van der Waals surface area contributed by atoms with Crippen molar-refractivity contribution < 1.29 is 18.8 Å². The Morgan fingerprint density at radius 2 is 2.03 bits per heavy atom. The molecule has 1 aliphatic rings. The zero-order chi connectivity index (χ0) is 20.9. The first-order valence-electron chi connectivity index (χ1n) is 10.2. The summed E-state index contributed by atoms with van der Waals surface area (Å²) in [7, 11) is 1.62. The van der Waals surface area contributed by atoms with Gasteiger partial charge in [-0.15, -0.1) is 0 Å². The van der Waals surface area contributed by atoms with Gasteiger partial charge in [-0.3, -0.25) is 4.79 Å². The van der Waals surface area contributed by atoms with Crippen molar-refractivity contribution in [2.45, 2.75) is 32.2 Å². The molecular weight excluding hydrogens is 380 g/mol. The summed E-state index contributed by atoms with van der Waals surface area (Å²) in [5, 5.41) is 4.14. The molecule has 0 radical (unpaired) electrons. The van der Waals surface area contributed by atoms with Gasteiger partial charge in [0.25, 0.3) is 5.91 Å². The number of carbonyl (C=O) groups is 1. The average molecular weight is 406 g/mol. The molecular formula is C24H26N2O4. The minimum Gasteiger partial charge on any atom is -0.493 e. The van der Waals surface area contributed by atoms with Gasteiger partial charge in [0.05, 0.1) is 19.4 Å². The number of rotatable bonds is 5. The molecule has 6 nitrogen and oxygen atoms in total. The largest absolute Gasteiger partial charge is 0.493 e. The molecule has 2 heterocycles. The maximum absolute atomic E-state index is 13.1. The summed E-state index contributed by atoms with van der Waals surface area (Å²) < 4.78 is 16.7. The second-order valence-electron chi connectivity index (χ2n) is 7.58. The first-order chi connectivity index (χ1) is 14.7. The number of aromatic nitrogens is 1. The molecule has 0 N–H and O–H groups in total. The van der Waals surface area contributed by atoms with E-state index in [4.69, 9.17) is 14.0 Å². The van der Waals surface area contributed by atoms with E-state index in [1.165, 1.54) is 5.56 Å². The van der Waals surface area contributed by atoms with Crippen LogP contribution in [0.5, 0.6) is 11.5 Å². The third-order valence-electron chi connectivity index (χ3n) is 5.40. The van der Waals surface area contributed by atoms with Crippen molar-refractivity contribution >= 4 is 5.91 Å². The highest BCUT2D eigenvalue weighted by Gasteiger charge is 2.25. The summed E-state index contributed by atoms with van der Waals surface area (Å²) in [6, 6.07) is 17.8. The quantitative estimate of drug-likeness (QED) is 0.626. The highest BCUT2D eigenvalue weighted by molar-refractivity contribution is 5.91. The number of carbonyl (C=O) groups excluding carboxylic acids is 1. The van der Waals surface area contributed by atoms with Gasteiger partial charge in [-0.25, -0.2) is 0 Å². The maximum atomic E-state index is 13.1. The van der Waals surface area contributed by atoms with Crippen molar-refractivity contribution in [3.8, 4) is 11.5 Å². The van der Waals surface area contributed by atoms with Crippen molar-refractivity contribution in [1.29, 1.82) is 0 Å². The molecule has 30 heavy (non-hydrogen) atoms. The van der Waals surface area contributed by atoms with E-state index in [2.05, 4.69) is 24.2 Å². The number of methoxy groups -OCH3 is 1. The zero-order valence-electron chi connectivity index (χ0n) is 17.3. The maximum Gasteiger partial charge on any atom is 0.292 e. The zero-order valence-corrected chi connectivity index (χ0v) is 17.3. The van der Waals surface area contributed by atoms with Crippen LogP contribution in [0, 0.1) is 0 Å². The SMILES string of the molecule is COc1cccc2c1OCCCN(C(=O)c1cc(CC(C)c3ccccc3)no1)C2. The molecule has 1 aliphatic heterocycles. The topological polar surface area (TPSA) is 64.8 Å². The molecule has 0 saturated heterocycles. The van der Waals surface area contributed by atoms with E-state index in [-0.39, 0.29) is 17.6 Å². The van der Waals surface area contributed by atoms with Crippen molar-refractivity contribution in [3.63, 3.8) is 0 Å². The molecule has 1 unspecified atom stereocenters. The van der Waals surface area contributed by atoms with E-state index < -0.39 is 0 Å². The first kappa shape index (κ1) is 20.0. The molecule has 0 fully saturated rings. The van der Waals surface area contributed by atoms with E-state index in [0.29, 0.717) is 37.6 Å². The number of hydrogen-bond acceptors (Lipinski definition) is 5. The first-order valence-corrected chi connectivity index (χ1v) is 10.2. The summed E-state index contributed by atoms with van der Waals surface area (Å²) in [6.07, 6.45) is 1.45. The van der Waals surface area contributed by atoms with E-state index in [1.807, 2.05) is 36.4 Å². The summed E-state index contributed by atoms with van der Waals surface area (Å²) in [6.45, 7) is 3.69. The fourth-order valence-corrected chi connectivity index (χ4v) is 3.78. The third-order valence-corrected chi connectivity index (χ3v) is 5.40. The van der Waals surface area contributed by atoms with Gasteiger partial charge in [0.1, 0.15) is 0 Å². The van der Waals surface area contributed by atoms with Crippen LogP contribution >= 0.6 is 0 Å². The predicted octanol–water partition coefficient (Wildman–Crippen LogP) is 4.45. The van der Waals surface area contributed by atoms with Gasteiger partial charge in [0.15, 0.2) is 11.5 Å². The Kier molecular flexibility index (Phi) is 6.02. The number of hydrogen-bond donors (Lipinski definition) is 0. The van der Waals surface area contributed by atoms with Crippen LogP contribution in [0.4, 0.5) is 0 Å². The molecule has 4 rings (SSSR count). The highest BCUT2D eigenvalue weighted by Crippen LogP contribution is 2.33. The van der Waals surface area contributed by atoms with Gasteiger partial charge >= 0.3 is 0 Å². The van der Waals surface area contributed by atoms with Crippen LogP contribution in [0.2, 0.25) is 0 Å². The number of fused-ring (bicyclic) bond motifs is 1.